The molecule has 0 radical (unpaired) electrons. The summed E-state index contributed by atoms with van der Waals surface area (Å²) in [6, 6.07) is -1.47. The number of carbonyl (C=O) groups excluding carboxylic acids is 3. The number of amides is 2. The van der Waals surface area contributed by atoms with Crippen LogP contribution in [0.15, 0.2) is 0 Å². The molecular weight excluding hydrogens is 296 g/mol. The Morgan fingerprint density at radius 2 is 2.00 bits per heavy atom. The first-order chi connectivity index (χ1) is 9.64. The first-order valence-electron chi connectivity index (χ1n) is 6.63. The van der Waals surface area contributed by atoms with E-state index in [0.717, 1.165) is 0 Å². The lowest BCUT2D eigenvalue weighted by Gasteiger charge is -2.22. The van der Waals surface area contributed by atoms with Gasteiger partial charge < -0.3 is 20.1 Å². The minimum Gasteiger partial charge on any atom is -0.467 e. The third-order valence-corrected chi connectivity index (χ3v) is 4.08. The molecular formula is C13H22N2O5S. The second-order valence-corrected chi connectivity index (χ2v) is 7.16. The van der Waals surface area contributed by atoms with Crippen molar-refractivity contribution < 1.29 is 23.9 Å². The van der Waals surface area contributed by atoms with Crippen molar-refractivity contribution in [2.45, 2.75) is 50.6 Å². The van der Waals surface area contributed by atoms with Gasteiger partial charge >= 0.3 is 12.1 Å². The van der Waals surface area contributed by atoms with Crippen LogP contribution in [-0.2, 0) is 19.1 Å². The molecule has 0 bridgehead atoms. The predicted octanol–water partition coefficient (Wildman–Crippen LogP) is 0.673. The van der Waals surface area contributed by atoms with Crippen LogP contribution in [-0.4, -0.2) is 53.8 Å². The fraction of sp³-hybridized carbons (Fsp3) is 0.769. The van der Waals surface area contributed by atoms with E-state index in [1.165, 1.54) is 18.9 Å². The van der Waals surface area contributed by atoms with Crippen LogP contribution in [0.1, 0.15) is 27.7 Å². The van der Waals surface area contributed by atoms with Gasteiger partial charge in [0, 0.05) is 11.0 Å². The summed E-state index contributed by atoms with van der Waals surface area (Å²) in [6.45, 7) is 7.04. The first kappa shape index (κ1) is 17.6. The SMILES string of the molecule is COC(=O)[C@H]1NC(=O)[C@@H](NC(=O)OC(C)(C)C)CS[C@H]1C. The molecule has 0 aromatic carbocycles. The van der Waals surface area contributed by atoms with Crippen LogP contribution in [0.4, 0.5) is 4.79 Å². The van der Waals surface area contributed by atoms with Crippen molar-refractivity contribution in [3.8, 4) is 0 Å². The quantitative estimate of drug-likeness (QED) is 0.727. The maximum absolute atomic E-state index is 12.1. The maximum atomic E-state index is 12.1. The average molecular weight is 318 g/mol. The molecule has 1 rings (SSSR count). The normalized spacial score (nSPS) is 26.3. The molecule has 0 saturated carbocycles. The molecule has 1 aliphatic heterocycles. The summed E-state index contributed by atoms with van der Waals surface area (Å²) < 4.78 is 9.79. The molecule has 0 aromatic rings. The molecule has 0 unspecified atom stereocenters. The first-order valence-corrected chi connectivity index (χ1v) is 7.68. The number of alkyl carbamates (subject to hydrolysis) is 1. The number of nitrogens with one attached hydrogen (secondary N) is 2. The number of carbonyl (C=O) groups is 3. The Bertz CT molecular complexity index is 421. The molecule has 0 spiro atoms. The molecule has 1 aliphatic rings. The van der Waals surface area contributed by atoms with E-state index in [1.54, 1.807) is 20.8 Å². The van der Waals surface area contributed by atoms with Crippen LogP contribution in [0.3, 0.4) is 0 Å². The highest BCUT2D eigenvalue weighted by molar-refractivity contribution is 8.00. The van der Waals surface area contributed by atoms with Crippen molar-refractivity contribution in [2.75, 3.05) is 12.9 Å². The van der Waals surface area contributed by atoms with Gasteiger partial charge in [0.25, 0.3) is 0 Å². The highest BCUT2D eigenvalue weighted by Gasteiger charge is 2.36. The van der Waals surface area contributed by atoms with Gasteiger partial charge in [0.15, 0.2) is 0 Å². The Morgan fingerprint density at radius 3 is 2.52 bits per heavy atom. The second kappa shape index (κ2) is 7.02. The molecule has 2 amide bonds. The van der Waals surface area contributed by atoms with E-state index in [9.17, 15) is 14.4 Å². The molecule has 120 valence electrons. The van der Waals surface area contributed by atoms with Crippen molar-refractivity contribution in [3.63, 3.8) is 0 Å². The number of ether oxygens (including phenoxy) is 2. The molecule has 1 fully saturated rings. The number of rotatable bonds is 2. The van der Waals surface area contributed by atoms with Crippen LogP contribution in [0.2, 0.25) is 0 Å². The summed E-state index contributed by atoms with van der Waals surface area (Å²) in [4.78, 5) is 35.4. The zero-order chi connectivity index (χ0) is 16.2. The fourth-order valence-electron chi connectivity index (χ4n) is 1.73. The number of hydrogen-bond acceptors (Lipinski definition) is 6. The van der Waals surface area contributed by atoms with Crippen LogP contribution < -0.4 is 10.6 Å². The summed E-state index contributed by atoms with van der Waals surface area (Å²) >= 11 is 1.41. The molecule has 7 nitrogen and oxygen atoms in total. The van der Waals surface area contributed by atoms with Gasteiger partial charge in [0.1, 0.15) is 17.7 Å². The molecule has 2 N–H and O–H groups in total. The molecule has 1 saturated heterocycles. The molecule has 1 heterocycles. The topological polar surface area (TPSA) is 93.7 Å². The van der Waals surface area contributed by atoms with Gasteiger partial charge in [-0.2, -0.15) is 11.8 Å². The molecule has 0 aliphatic carbocycles. The maximum Gasteiger partial charge on any atom is 0.408 e. The van der Waals surface area contributed by atoms with Crippen LogP contribution in [0.5, 0.6) is 0 Å². The van der Waals surface area contributed by atoms with Gasteiger partial charge in [-0.25, -0.2) is 9.59 Å². The van der Waals surface area contributed by atoms with E-state index >= 15 is 0 Å². The minimum absolute atomic E-state index is 0.146. The zero-order valence-electron chi connectivity index (χ0n) is 12.9. The van der Waals surface area contributed by atoms with Crippen LogP contribution in [0.25, 0.3) is 0 Å². The van der Waals surface area contributed by atoms with Gasteiger partial charge in [-0.05, 0) is 20.8 Å². The summed E-state index contributed by atoms with van der Waals surface area (Å²) in [5.74, 6) is -0.561. The van der Waals surface area contributed by atoms with Crippen molar-refractivity contribution in [2.24, 2.45) is 0 Å². The lowest BCUT2D eigenvalue weighted by molar-refractivity contribution is -0.145. The molecule has 8 heteroatoms. The Hall–Kier alpha value is -1.44. The van der Waals surface area contributed by atoms with E-state index in [2.05, 4.69) is 15.4 Å². The summed E-state index contributed by atoms with van der Waals surface area (Å²) in [7, 11) is 1.27. The third kappa shape index (κ3) is 5.45. The zero-order valence-corrected chi connectivity index (χ0v) is 13.7. The van der Waals surface area contributed by atoms with E-state index in [4.69, 9.17) is 4.74 Å². The lowest BCUT2D eigenvalue weighted by Crippen LogP contribution is -2.53. The van der Waals surface area contributed by atoms with Crippen molar-refractivity contribution in [1.82, 2.24) is 10.6 Å². The van der Waals surface area contributed by atoms with E-state index in [1.807, 2.05) is 6.92 Å². The Balaban J connectivity index is 2.68. The summed E-state index contributed by atoms with van der Waals surface area (Å²) in [5.41, 5.74) is -0.639. The predicted molar refractivity (Wildman–Crippen MR) is 79.0 cm³/mol. The minimum atomic E-state index is -0.748. The van der Waals surface area contributed by atoms with Crippen LogP contribution >= 0.6 is 11.8 Å². The highest BCUT2D eigenvalue weighted by Crippen LogP contribution is 2.20. The van der Waals surface area contributed by atoms with Crippen molar-refractivity contribution in [3.05, 3.63) is 0 Å². The van der Waals surface area contributed by atoms with E-state index in [0.29, 0.717) is 5.75 Å². The van der Waals surface area contributed by atoms with Gasteiger partial charge in [-0.1, -0.05) is 6.92 Å². The third-order valence-electron chi connectivity index (χ3n) is 2.76. The molecule has 21 heavy (non-hydrogen) atoms. The molecule has 0 aromatic heterocycles. The number of hydrogen-bond donors (Lipinski definition) is 2. The van der Waals surface area contributed by atoms with Gasteiger partial charge in [-0.15, -0.1) is 0 Å². The van der Waals surface area contributed by atoms with Gasteiger partial charge in [-0.3, -0.25) is 4.79 Å². The molecule has 3 atom stereocenters. The Kier molecular flexibility index (Phi) is 5.88. The lowest BCUT2D eigenvalue weighted by atomic mass is 10.2. The number of thioether (sulfide) groups is 1. The van der Waals surface area contributed by atoms with Crippen molar-refractivity contribution >= 4 is 29.7 Å². The van der Waals surface area contributed by atoms with E-state index < -0.39 is 35.7 Å². The highest BCUT2D eigenvalue weighted by atomic mass is 32.2. The summed E-state index contributed by atoms with van der Waals surface area (Å²) in [6.07, 6.45) is -0.660. The van der Waals surface area contributed by atoms with Crippen LogP contribution in [0, 0.1) is 0 Å². The second-order valence-electron chi connectivity index (χ2n) is 5.75. The van der Waals surface area contributed by atoms with Gasteiger partial charge in [0.05, 0.1) is 7.11 Å². The van der Waals surface area contributed by atoms with Crippen molar-refractivity contribution in [1.29, 1.82) is 0 Å². The van der Waals surface area contributed by atoms with Gasteiger partial charge in [0.2, 0.25) is 5.91 Å². The Labute approximate surface area is 128 Å². The fourth-order valence-corrected chi connectivity index (χ4v) is 2.83. The standard InChI is InChI=1S/C13H22N2O5S/c1-7-9(11(17)19-5)15-10(16)8(6-21-7)14-12(18)20-13(2,3)4/h7-9H,6H2,1-5H3,(H,14,18)(H,15,16)/t7-,8-,9-/m0/s1. The average Bonchev–Trinajstić information content (AvgIpc) is 2.48. The smallest absolute Gasteiger partial charge is 0.408 e. The number of esters is 1. The monoisotopic (exact) mass is 318 g/mol. The number of methoxy groups -OCH3 is 1. The Morgan fingerprint density at radius 1 is 1.38 bits per heavy atom. The van der Waals surface area contributed by atoms with E-state index in [-0.39, 0.29) is 5.25 Å². The largest absolute Gasteiger partial charge is 0.467 e. The summed E-state index contributed by atoms with van der Waals surface area (Å²) in [5, 5.41) is 4.96.